The van der Waals surface area contributed by atoms with E-state index in [1.807, 2.05) is 24.3 Å². The highest BCUT2D eigenvalue weighted by Crippen LogP contribution is 2.30. The molecule has 0 atom stereocenters. The van der Waals surface area contributed by atoms with Gasteiger partial charge < -0.3 is 15.2 Å². The van der Waals surface area contributed by atoms with Crippen molar-refractivity contribution in [3.05, 3.63) is 29.8 Å². The molecule has 0 aliphatic carbocycles. The first-order valence-electron chi connectivity index (χ1n) is 5.60. The zero-order valence-electron chi connectivity index (χ0n) is 10.5. The summed E-state index contributed by atoms with van der Waals surface area (Å²) in [5.41, 5.74) is 1.13. The van der Waals surface area contributed by atoms with Gasteiger partial charge in [-0.2, -0.15) is 0 Å². The molecule has 94 valence electrons. The topological polar surface area (TPSA) is 58.6 Å². The summed E-state index contributed by atoms with van der Waals surface area (Å²) in [5, 5.41) is 10.7. The Bertz CT molecular complexity index is 382. The molecule has 1 aromatic carbocycles. The lowest BCUT2D eigenvalue weighted by molar-refractivity contribution is 0.191. The van der Waals surface area contributed by atoms with Gasteiger partial charge in [-0.3, -0.25) is 0 Å². The fourth-order valence-electron chi connectivity index (χ4n) is 1.53. The minimum atomic E-state index is -1.03. The molecule has 0 fully saturated rings. The van der Waals surface area contributed by atoms with Crippen LogP contribution in [0.15, 0.2) is 24.3 Å². The van der Waals surface area contributed by atoms with Crippen molar-refractivity contribution in [2.75, 3.05) is 13.2 Å². The monoisotopic (exact) mass is 237 g/mol. The lowest BCUT2D eigenvalue weighted by Gasteiger charge is -2.22. The first-order chi connectivity index (χ1) is 7.91. The Morgan fingerprint density at radius 1 is 1.35 bits per heavy atom. The molecule has 0 spiro atoms. The van der Waals surface area contributed by atoms with E-state index in [-0.39, 0.29) is 12.0 Å². The van der Waals surface area contributed by atoms with Crippen LogP contribution in [0.1, 0.15) is 26.3 Å². The van der Waals surface area contributed by atoms with Crippen molar-refractivity contribution in [3.63, 3.8) is 0 Å². The van der Waals surface area contributed by atoms with Crippen LogP contribution in [0, 0.1) is 0 Å². The van der Waals surface area contributed by atoms with Gasteiger partial charge in [-0.25, -0.2) is 4.79 Å². The zero-order chi connectivity index (χ0) is 12.9. The van der Waals surface area contributed by atoms with Crippen LogP contribution in [0.2, 0.25) is 0 Å². The van der Waals surface area contributed by atoms with Crippen molar-refractivity contribution in [1.29, 1.82) is 0 Å². The molecular weight excluding hydrogens is 218 g/mol. The first kappa shape index (κ1) is 13.4. The molecule has 0 saturated heterocycles. The molecule has 17 heavy (non-hydrogen) atoms. The fourth-order valence-corrected chi connectivity index (χ4v) is 1.53. The first-order valence-corrected chi connectivity index (χ1v) is 5.60. The largest absolute Gasteiger partial charge is 0.491 e. The zero-order valence-corrected chi connectivity index (χ0v) is 10.5. The van der Waals surface area contributed by atoms with E-state index in [0.29, 0.717) is 6.61 Å². The summed E-state index contributed by atoms with van der Waals surface area (Å²) in [7, 11) is 0. The molecule has 2 N–H and O–H groups in total. The molecular formula is C13H19NO3. The summed E-state index contributed by atoms with van der Waals surface area (Å²) in [6.07, 6.45) is -1.03. The summed E-state index contributed by atoms with van der Waals surface area (Å²) >= 11 is 0. The van der Waals surface area contributed by atoms with E-state index in [1.54, 1.807) is 0 Å². The minimum absolute atomic E-state index is 0.0107. The molecule has 1 rings (SSSR count). The van der Waals surface area contributed by atoms with Crippen molar-refractivity contribution < 1.29 is 14.6 Å². The number of para-hydroxylation sites is 1. The number of hydrogen-bond donors (Lipinski definition) is 2. The van der Waals surface area contributed by atoms with E-state index in [2.05, 4.69) is 26.1 Å². The third-order valence-electron chi connectivity index (χ3n) is 2.33. The Morgan fingerprint density at radius 2 is 2.00 bits per heavy atom. The van der Waals surface area contributed by atoms with Crippen LogP contribution in [-0.4, -0.2) is 24.4 Å². The van der Waals surface area contributed by atoms with Crippen LogP contribution >= 0.6 is 0 Å². The summed E-state index contributed by atoms with van der Waals surface area (Å²) in [4.78, 5) is 10.3. The summed E-state index contributed by atoms with van der Waals surface area (Å²) in [6, 6.07) is 7.82. The molecule has 1 aromatic rings. The van der Waals surface area contributed by atoms with Crippen LogP contribution < -0.4 is 10.1 Å². The average Bonchev–Trinajstić information content (AvgIpc) is 2.23. The molecule has 0 heterocycles. The fraction of sp³-hybridized carbons (Fsp3) is 0.462. The van der Waals surface area contributed by atoms with E-state index in [4.69, 9.17) is 9.84 Å². The third kappa shape index (κ3) is 4.34. The number of rotatable bonds is 4. The van der Waals surface area contributed by atoms with Gasteiger partial charge in [-0.05, 0) is 17.0 Å². The van der Waals surface area contributed by atoms with Gasteiger partial charge in [0.25, 0.3) is 0 Å². The molecule has 0 aromatic heterocycles. The quantitative estimate of drug-likeness (QED) is 0.791. The number of carboxylic acid groups (broad SMARTS) is 1. The van der Waals surface area contributed by atoms with Gasteiger partial charge in [0.1, 0.15) is 12.4 Å². The second-order valence-electron chi connectivity index (χ2n) is 4.83. The smallest absolute Gasteiger partial charge is 0.404 e. The summed E-state index contributed by atoms with van der Waals surface area (Å²) in [5.74, 6) is 0.812. The minimum Gasteiger partial charge on any atom is -0.491 e. The highest BCUT2D eigenvalue weighted by atomic mass is 16.5. The van der Waals surface area contributed by atoms with E-state index >= 15 is 0 Å². The molecule has 0 bridgehead atoms. The molecule has 0 saturated carbocycles. The molecule has 1 amide bonds. The Morgan fingerprint density at radius 3 is 2.59 bits per heavy atom. The Hall–Kier alpha value is -1.71. The maximum atomic E-state index is 10.3. The van der Waals surface area contributed by atoms with Gasteiger partial charge in [0.2, 0.25) is 0 Å². The van der Waals surface area contributed by atoms with Crippen molar-refractivity contribution in [2.24, 2.45) is 0 Å². The third-order valence-corrected chi connectivity index (χ3v) is 2.33. The van der Waals surface area contributed by atoms with Gasteiger partial charge in [-0.1, -0.05) is 39.0 Å². The number of nitrogens with one attached hydrogen (secondary N) is 1. The molecule has 0 aliphatic heterocycles. The normalized spacial score (nSPS) is 11.0. The maximum absolute atomic E-state index is 10.3. The number of carbonyl (C=O) groups is 1. The van der Waals surface area contributed by atoms with E-state index in [9.17, 15) is 4.79 Å². The standard InChI is InChI=1S/C13H19NO3/c1-13(2,3)10-6-4-5-7-11(10)17-9-8-14-12(15)16/h4-7,14H,8-9H2,1-3H3,(H,15,16). The average molecular weight is 237 g/mol. The molecule has 0 unspecified atom stereocenters. The maximum Gasteiger partial charge on any atom is 0.404 e. The van der Waals surface area contributed by atoms with E-state index in [0.717, 1.165) is 11.3 Å². The van der Waals surface area contributed by atoms with Crippen molar-refractivity contribution in [1.82, 2.24) is 5.32 Å². The Balaban J connectivity index is 2.62. The van der Waals surface area contributed by atoms with E-state index in [1.165, 1.54) is 0 Å². The number of amides is 1. The molecule has 4 nitrogen and oxygen atoms in total. The predicted octanol–water partition coefficient (Wildman–Crippen LogP) is 2.63. The van der Waals surface area contributed by atoms with E-state index < -0.39 is 6.09 Å². The molecule has 0 radical (unpaired) electrons. The van der Waals surface area contributed by atoms with Crippen molar-refractivity contribution in [3.8, 4) is 5.75 Å². The summed E-state index contributed by atoms with van der Waals surface area (Å²) < 4.78 is 5.59. The SMILES string of the molecule is CC(C)(C)c1ccccc1OCCNC(=O)O. The predicted molar refractivity (Wildman–Crippen MR) is 66.7 cm³/mol. The number of benzene rings is 1. The van der Waals surface area contributed by atoms with Gasteiger partial charge in [0.05, 0.1) is 6.54 Å². The van der Waals surface area contributed by atoms with Crippen LogP contribution in [0.3, 0.4) is 0 Å². The highest BCUT2D eigenvalue weighted by molar-refractivity contribution is 5.64. The number of ether oxygens (including phenoxy) is 1. The van der Waals surface area contributed by atoms with Crippen LogP contribution in [0.25, 0.3) is 0 Å². The highest BCUT2D eigenvalue weighted by Gasteiger charge is 2.18. The van der Waals surface area contributed by atoms with Gasteiger partial charge in [0.15, 0.2) is 0 Å². The second kappa shape index (κ2) is 5.57. The lowest BCUT2D eigenvalue weighted by atomic mass is 9.86. The van der Waals surface area contributed by atoms with Gasteiger partial charge in [0, 0.05) is 0 Å². The Labute approximate surface area is 102 Å². The van der Waals surface area contributed by atoms with Crippen molar-refractivity contribution >= 4 is 6.09 Å². The summed E-state index contributed by atoms with van der Waals surface area (Å²) in [6.45, 7) is 6.97. The second-order valence-corrected chi connectivity index (χ2v) is 4.83. The lowest BCUT2D eigenvalue weighted by Crippen LogP contribution is -2.26. The van der Waals surface area contributed by atoms with Gasteiger partial charge >= 0.3 is 6.09 Å². The van der Waals surface area contributed by atoms with Crippen LogP contribution in [0.5, 0.6) is 5.75 Å². The molecule has 4 heteroatoms. The Kier molecular flexibility index (Phi) is 4.37. The molecule has 0 aliphatic rings. The van der Waals surface area contributed by atoms with Gasteiger partial charge in [-0.15, -0.1) is 0 Å². The van der Waals surface area contributed by atoms with Crippen LogP contribution in [0.4, 0.5) is 4.79 Å². The number of hydrogen-bond acceptors (Lipinski definition) is 2. The van der Waals surface area contributed by atoms with Crippen LogP contribution in [-0.2, 0) is 5.41 Å². The van der Waals surface area contributed by atoms with Crippen molar-refractivity contribution in [2.45, 2.75) is 26.2 Å².